The average molecular weight is 260 g/mol. The van der Waals surface area contributed by atoms with Crippen molar-refractivity contribution in [3.63, 3.8) is 0 Å². The largest absolute Gasteiger partial charge is 0.488 e. The van der Waals surface area contributed by atoms with Gasteiger partial charge in [0.1, 0.15) is 11.9 Å². The quantitative estimate of drug-likeness (QED) is 0.883. The van der Waals surface area contributed by atoms with Crippen LogP contribution in [0.15, 0.2) is 24.5 Å². The molecule has 3 nitrogen and oxygen atoms in total. The van der Waals surface area contributed by atoms with E-state index in [0.29, 0.717) is 17.6 Å². The summed E-state index contributed by atoms with van der Waals surface area (Å²) < 4.78 is 6.20. The number of hydrogen-bond donors (Lipinski definition) is 1. The third-order valence-electron chi connectivity index (χ3n) is 4.87. The fraction of sp³-hybridized carbons (Fsp3) is 0.688. The van der Waals surface area contributed by atoms with Gasteiger partial charge >= 0.3 is 0 Å². The lowest BCUT2D eigenvalue weighted by Crippen LogP contribution is -2.63. The molecule has 0 amide bonds. The van der Waals surface area contributed by atoms with Crippen LogP contribution < -0.4 is 10.1 Å². The SMILES string of the molecule is CCCNC1CC(Oc2cccnc2)C12CCCC2. The predicted octanol–water partition coefficient (Wildman–Crippen LogP) is 3.16. The van der Waals surface area contributed by atoms with Gasteiger partial charge in [-0.15, -0.1) is 0 Å². The molecule has 1 aromatic rings. The van der Waals surface area contributed by atoms with Gasteiger partial charge < -0.3 is 10.1 Å². The molecule has 3 heteroatoms. The van der Waals surface area contributed by atoms with Gasteiger partial charge in [0.2, 0.25) is 0 Å². The molecule has 0 aromatic carbocycles. The Morgan fingerprint density at radius 2 is 2.26 bits per heavy atom. The van der Waals surface area contributed by atoms with Crippen molar-refractivity contribution in [3.8, 4) is 5.75 Å². The Morgan fingerprint density at radius 3 is 2.95 bits per heavy atom. The monoisotopic (exact) mass is 260 g/mol. The van der Waals surface area contributed by atoms with Crippen molar-refractivity contribution >= 4 is 0 Å². The summed E-state index contributed by atoms with van der Waals surface area (Å²) in [6, 6.07) is 4.63. The molecule has 1 heterocycles. The number of ether oxygens (including phenoxy) is 1. The highest BCUT2D eigenvalue weighted by molar-refractivity contribution is 5.19. The summed E-state index contributed by atoms with van der Waals surface area (Å²) >= 11 is 0. The summed E-state index contributed by atoms with van der Waals surface area (Å²) in [5.74, 6) is 0.924. The number of nitrogens with one attached hydrogen (secondary N) is 1. The van der Waals surface area contributed by atoms with Crippen LogP contribution in [0.25, 0.3) is 0 Å². The number of hydrogen-bond acceptors (Lipinski definition) is 3. The first-order valence-corrected chi connectivity index (χ1v) is 7.65. The Hall–Kier alpha value is -1.09. The van der Waals surface area contributed by atoms with Crippen molar-refractivity contribution in [2.45, 2.75) is 57.6 Å². The lowest BCUT2D eigenvalue weighted by Gasteiger charge is -2.54. The number of rotatable bonds is 5. The molecule has 2 aliphatic carbocycles. The molecule has 1 aromatic heterocycles. The van der Waals surface area contributed by atoms with Gasteiger partial charge in [-0.2, -0.15) is 0 Å². The van der Waals surface area contributed by atoms with E-state index in [1.54, 1.807) is 6.20 Å². The van der Waals surface area contributed by atoms with Crippen molar-refractivity contribution in [2.75, 3.05) is 6.54 Å². The molecule has 2 aliphatic rings. The molecule has 0 radical (unpaired) electrons. The Bertz CT molecular complexity index is 400. The topological polar surface area (TPSA) is 34.1 Å². The molecule has 2 saturated carbocycles. The third kappa shape index (κ3) is 2.36. The summed E-state index contributed by atoms with van der Waals surface area (Å²) in [6.45, 7) is 3.36. The lowest BCUT2D eigenvalue weighted by molar-refractivity contribution is -0.0761. The van der Waals surface area contributed by atoms with E-state index in [9.17, 15) is 0 Å². The van der Waals surface area contributed by atoms with Gasteiger partial charge in [0.15, 0.2) is 0 Å². The fourth-order valence-electron chi connectivity index (χ4n) is 3.80. The van der Waals surface area contributed by atoms with E-state index in [-0.39, 0.29) is 0 Å². The Balaban J connectivity index is 1.66. The van der Waals surface area contributed by atoms with E-state index < -0.39 is 0 Å². The zero-order chi connectivity index (χ0) is 13.1. The molecule has 0 aliphatic heterocycles. The number of nitrogens with zero attached hydrogens (tertiary/aromatic N) is 1. The minimum atomic E-state index is 0.383. The minimum Gasteiger partial charge on any atom is -0.488 e. The first-order valence-electron chi connectivity index (χ1n) is 7.65. The molecule has 2 unspecified atom stereocenters. The van der Waals surface area contributed by atoms with Crippen molar-refractivity contribution in [2.24, 2.45) is 5.41 Å². The van der Waals surface area contributed by atoms with Crippen LogP contribution in [0.5, 0.6) is 5.75 Å². The van der Waals surface area contributed by atoms with Gasteiger partial charge in [-0.25, -0.2) is 0 Å². The molecular weight excluding hydrogens is 236 g/mol. The third-order valence-corrected chi connectivity index (χ3v) is 4.87. The standard InChI is InChI=1S/C16H24N2O/c1-2-9-18-14-11-15(16(14)7-3-4-8-16)19-13-6-5-10-17-12-13/h5-6,10,12,14-15,18H,2-4,7-9,11H2,1H3. The molecular formula is C16H24N2O. The van der Waals surface area contributed by atoms with Gasteiger partial charge in [-0.1, -0.05) is 19.8 Å². The van der Waals surface area contributed by atoms with Crippen LogP contribution in [0.4, 0.5) is 0 Å². The van der Waals surface area contributed by atoms with Crippen LogP contribution in [0.1, 0.15) is 45.4 Å². The Kier molecular flexibility index (Phi) is 3.74. The average Bonchev–Trinajstić information content (AvgIpc) is 2.95. The number of pyridine rings is 1. The highest BCUT2D eigenvalue weighted by atomic mass is 16.5. The van der Waals surface area contributed by atoms with Gasteiger partial charge in [0.05, 0.1) is 6.20 Å². The van der Waals surface area contributed by atoms with E-state index in [1.807, 2.05) is 18.3 Å². The fourth-order valence-corrected chi connectivity index (χ4v) is 3.80. The van der Waals surface area contributed by atoms with Crippen LogP contribution in [0, 0.1) is 5.41 Å². The van der Waals surface area contributed by atoms with Crippen LogP contribution in [-0.4, -0.2) is 23.7 Å². The number of aromatic nitrogens is 1. The maximum Gasteiger partial charge on any atom is 0.138 e. The molecule has 104 valence electrons. The van der Waals surface area contributed by atoms with Crippen molar-refractivity contribution in [1.82, 2.24) is 10.3 Å². The molecule has 19 heavy (non-hydrogen) atoms. The van der Waals surface area contributed by atoms with E-state index >= 15 is 0 Å². The van der Waals surface area contributed by atoms with E-state index in [2.05, 4.69) is 17.2 Å². The maximum atomic E-state index is 6.20. The van der Waals surface area contributed by atoms with Gasteiger partial charge in [-0.05, 0) is 37.9 Å². The van der Waals surface area contributed by atoms with E-state index in [0.717, 1.165) is 18.7 Å². The summed E-state index contributed by atoms with van der Waals surface area (Å²) in [7, 11) is 0. The Labute approximate surface area is 115 Å². The highest BCUT2D eigenvalue weighted by Crippen LogP contribution is 2.54. The van der Waals surface area contributed by atoms with E-state index in [4.69, 9.17) is 4.74 Å². The van der Waals surface area contributed by atoms with Crippen LogP contribution in [0.3, 0.4) is 0 Å². The molecule has 3 rings (SSSR count). The molecule has 2 fully saturated rings. The van der Waals surface area contributed by atoms with Crippen molar-refractivity contribution < 1.29 is 4.74 Å². The summed E-state index contributed by atoms with van der Waals surface area (Å²) in [5, 5.41) is 3.72. The van der Waals surface area contributed by atoms with Crippen molar-refractivity contribution in [3.05, 3.63) is 24.5 Å². The first kappa shape index (κ1) is 12.9. The van der Waals surface area contributed by atoms with Gasteiger partial charge in [0.25, 0.3) is 0 Å². The van der Waals surface area contributed by atoms with Crippen LogP contribution >= 0.6 is 0 Å². The minimum absolute atomic E-state index is 0.383. The van der Waals surface area contributed by atoms with Gasteiger partial charge in [0, 0.05) is 24.1 Å². The highest BCUT2D eigenvalue weighted by Gasteiger charge is 2.57. The zero-order valence-electron chi connectivity index (χ0n) is 11.8. The second kappa shape index (κ2) is 5.49. The van der Waals surface area contributed by atoms with E-state index in [1.165, 1.54) is 32.1 Å². The summed E-state index contributed by atoms with van der Waals surface area (Å²) in [5.41, 5.74) is 0.394. The summed E-state index contributed by atoms with van der Waals surface area (Å²) in [4.78, 5) is 4.14. The second-order valence-electron chi connectivity index (χ2n) is 5.98. The normalized spacial score (nSPS) is 28.3. The maximum absolute atomic E-state index is 6.20. The van der Waals surface area contributed by atoms with Crippen LogP contribution in [-0.2, 0) is 0 Å². The molecule has 1 N–H and O–H groups in total. The Morgan fingerprint density at radius 1 is 1.42 bits per heavy atom. The second-order valence-corrected chi connectivity index (χ2v) is 5.98. The smallest absolute Gasteiger partial charge is 0.138 e. The first-order chi connectivity index (χ1) is 9.35. The summed E-state index contributed by atoms with van der Waals surface area (Å²) in [6.07, 6.45) is 11.7. The van der Waals surface area contributed by atoms with Crippen LogP contribution in [0.2, 0.25) is 0 Å². The molecule has 0 saturated heterocycles. The predicted molar refractivity (Wildman–Crippen MR) is 76.3 cm³/mol. The lowest BCUT2D eigenvalue weighted by atomic mass is 9.60. The molecule has 1 spiro atoms. The van der Waals surface area contributed by atoms with Crippen molar-refractivity contribution in [1.29, 1.82) is 0 Å². The molecule has 2 atom stereocenters. The zero-order valence-corrected chi connectivity index (χ0v) is 11.8. The molecule has 0 bridgehead atoms. The van der Waals surface area contributed by atoms with Gasteiger partial charge in [-0.3, -0.25) is 4.98 Å².